The number of fused-ring (bicyclic) bond motifs is 1. The van der Waals surface area contributed by atoms with Gasteiger partial charge in [-0.1, -0.05) is 30.6 Å². The van der Waals surface area contributed by atoms with Crippen molar-refractivity contribution >= 4 is 28.3 Å². The van der Waals surface area contributed by atoms with Crippen LogP contribution < -0.4 is 15.7 Å². The van der Waals surface area contributed by atoms with Gasteiger partial charge in [0.1, 0.15) is 16.9 Å². The van der Waals surface area contributed by atoms with Gasteiger partial charge in [0, 0.05) is 16.6 Å². The van der Waals surface area contributed by atoms with Crippen LogP contribution in [-0.2, 0) is 6.42 Å². The first-order chi connectivity index (χ1) is 14.0. The lowest BCUT2D eigenvalue weighted by molar-refractivity contribution is 0.102. The number of anilines is 1. The summed E-state index contributed by atoms with van der Waals surface area (Å²) in [6.45, 7) is 3.69. The monoisotopic (exact) mass is 394 g/mol. The van der Waals surface area contributed by atoms with Gasteiger partial charge in [0.15, 0.2) is 0 Å². The standard InChI is InChI=1S/C22H22N2O5/c1-4-5-17-19(28-3)11-8-15-12-18(22(26)29-20(15)17)21(25)23-16-9-6-14(7-10-16)13(2)24-27/h6-12,27H,4-5H2,1-3H3,(H,23,25)/b24-13+. The number of methoxy groups -OCH3 is 1. The Balaban J connectivity index is 1.94. The molecule has 0 atom stereocenters. The van der Waals surface area contributed by atoms with Crippen molar-refractivity contribution in [1.82, 2.24) is 0 Å². The molecule has 0 radical (unpaired) electrons. The van der Waals surface area contributed by atoms with E-state index in [1.165, 1.54) is 6.07 Å². The Labute approximate surface area is 167 Å². The van der Waals surface area contributed by atoms with Crippen LogP contribution in [0, 0.1) is 0 Å². The minimum absolute atomic E-state index is 0.0812. The quantitative estimate of drug-likeness (QED) is 0.282. The van der Waals surface area contributed by atoms with Gasteiger partial charge in [0.2, 0.25) is 0 Å². The van der Waals surface area contributed by atoms with E-state index in [1.54, 1.807) is 50.4 Å². The molecular weight excluding hydrogens is 372 g/mol. The summed E-state index contributed by atoms with van der Waals surface area (Å²) < 4.78 is 10.9. The zero-order chi connectivity index (χ0) is 21.0. The number of rotatable bonds is 6. The molecule has 2 aromatic carbocycles. The number of benzene rings is 2. The second kappa shape index (κ2) is 8.60. The van der Waals surface area contributed by atoms with Crippen LogP contribution in [0.15, 0.2) is 56.8 Å². The molecule has 0 fully saturated rings. The maximum atomic E-state index is 12.6. The number of carbonyl (C=O) groups is 1. The van der Waals surface area contributed by atoms with E-state index in [2.05, 4.69) is 10.5 Å². The van der Waals surface area contributed by atoms with Crippen LogP contribution in [0.4, 0.5) is 5.69 Å². The van der Waals surface area contributed by atoms with Crippen molar-refractivity contribution in [1.29, 1.82) is 0 Å². The molecular formula is C22H22N2O5. The second-order valence-corrected chi connectivity index (χ2v) is 6.58. The molecule has 0 spiro atoms. The summed E-state index contributed by atoms with van der Waals surface area (Å²) in [5.41, 5.74) is 2.14. The number of hydrogen-bond donors (Lipinski definition) is 2. The van der Waals surface area contributed by atoms with Crippen LogP contribution in [0.25, 0.3) is 11.0 Å². The normalized spacial score (nSPS) is 11.5. The Hall–Kier alpha value is -3.61. The Kier molecular flexibility index (Phi) is 5.97. The summed E-state index contributed by atoms with van der Waals surface area (Å²) in [4.78, 5) is 25.1. The molecule has 0 aliphatic heterocycles. The molecule has 0 unspecified atom stereocenters. The maximum Gasteiger partial charge on any atom is 0.349 e. The molecule has 2 N–H and O–H groups in total. The van der Waals surface area contributed by atoms with Gasteiger partial charge in [-0.25, -0.2) is 4.79 Å². The van der Waals surface area contributed by atoms with Gasteiger partial charge in [-0.15, -0.1) is 0 Å². The molecule has 150 valence electrons. The Morgan fingerprint density at radius 2 is 1.93 bits per heavy atom. The van der Waals surface area contributed by atoms with Crippen LogP contribution in [0.2, 0.25) is 0 Å². The molecule has 29 heavy (non-hydrogen) atoms. The second-order valence-electron chi connectivity index (χ2n) is 6.58. The molecule has 3 rings (SSSR count). The van der Waals surface area contributed by atoms with Crippen molar-refractivity contribution < 1.29 is 19.2 Å². The lowest BCUT2D eigenvalue weighted by atomic mass is 10.0. The van der Waals surface area contributed by atoms with Gasteiger partial charge in [-0.05, 0) is 49.2 Å². The summed E-state index contributed by atoms with van der Waals surface area (Å²) in [7, 11) is 1.57. The molecule has 1 amide bonds. The fourth-order valence-electron chi connectivity index (χ4n) is 3.11. The predicted molar refractivity (Wildman–Crippen MR) is 111 cm³/mol. The van der Waals surface area contributed by atoms with E-state index in [0.29, 0.717) is 40.1 Å². The van der Waals surface area contributed by atoms with E-state index >= 15 is 0 Å². The van der Waals surface area contributed by atoms with Crippen LogP contribution in [0.5, 0.6) is 5.75 Å². The number of carbonyl (C=O) groups excluding carboxylic acids is 1. The summed E-state index contributed by atoms with van der Waals surface area (Å²) in [6, 6.07) is 11.8. The number of hydrogen-bond acceptors (Lipinski definition) is 6. The van der Waals surface area contributed by atoms with Gasteiger partial charge < -0.3 is 19.7 Å². The minimum Gasteiger partial charge on any atom is -0.496 e. The van der Waals surface area contributed by atoms with E-state index in [-0.39, 0.29) is 5.56 Å². The fraction of sp³-hybridized carbons (Fsp3) is 0.227. The third-order valence-electron chi connectivity index (χ3n) is 4.64. The number of oxime groups is 1. The summed E-state index contributed by atoms with van der Waals surface area (Å²) in [5, 5.41) is 15.3. The molecule has 7 nitrogen and oxygen atoms in total. The topological polar surface area (TPSA) is 101 Å². The van der Waals surface area contributed by atoms with E-state index in [4.69, 9.17) is 14.4 Å². The molecule has 1 heterocycles. The van der Waals surface area contributed by atoms with E-state index in [9.17, 15) is 9.59 Å². The highest BCUT2D eigenvalue weighted by Crippen LogP contribution is 2.29. The number of nitrogens with zero attached hydrogens (tertiary/aromatic N) is 1. The number of aryl methyl sites for hydroxylation is 1. The van der Waals surface area contributed by atoms with E-state index in [1.807, 2.05) is 6.92 Å². The zero-order valence-electron chi connectivity index (χ0n) is 16.5. The minimum atomic E-state index is -0.708. The summed E-state index contributed by atoms with van der Waals surface area (Å²) in [5.74, 6) is 0.0929. The average molecular weight is 394 g/mol. The van der Waals surface area contributed by atoms with Gasteiger partial charge in [-0.2, -0.15) is 0 Å². The smallest absolute Gasteiger partial charge is 0.349 e. The fourth-order valence-corrected chi connectivity index (χ4v) is 3.11. The van der Waals surface area contributed by atoms with Crippen molar-refractivity contribution in [3.8, 4) is 5.75 Å². The highest BCUT2D eigenvalue weighted by atomic mass is 16.5. The largest absolute Gasteiger partial charge is 0.496 e. The molecule has 3 aromatic rings. The number of nitrogens with one attached hydrogen (secondary N) is 1. The third-order valence-corrected chi connectivity index (χ3v) is 4.64. The van der Waals surface area contributed by atoms with Crippen LogP contribution in [0.3, 0.4) is 0 Å². The van der Waals surface area contributed by atoms with Crippen molar-refractivity contribution in [3.63, 3.8) is 0 Å². The molecule has 0 saturated carbocycles. The SMILES string of the molecule is CCCc1c(OC)ccc2cc(C(=O)Nc3ccc(/C(C)=N/O)cc3)c(=O)oc12. The lowest BCUT2D eigenvalue weighted by Gasteiger charge is -2.11. The van der Waals surface area contributed by atoms with Gasteiger partial charge in [-0.3, -0.25) is 4.79 Å². The first-order valence-electron chi connectivity index (χ1n) is 9.22. The summed E-state index contributed by atoms with van der Waals surface area (Å²) >= 11 is 0. The molecule has 0 aliphatic carbocycles. The summed E-state index contributed by atoms with van der Waals surface area (Å²) in [6.07, 6.45) is 1.55. The Morgan fingerprint density at radius 1 is 1.21 bits per heavy atom. The molecule has 0 bridgehead atoms. The number of ether oxygens (including phenoxy) is 1. The first-order valence-corrected chi connectivity index (χ1v) is 9.22. The number of amides is 1. The van der Waals surface area contributed by atoms with Crippen LogP contribution >= 0.6 is 0 Å². The van der Waals surface area contributed by atoms with Crippen molar-refractivity contribution in [2.75, 3.05) is 12.4 Å². The van der Waals surface area contributed by atoms with E-state index in [0.717, 1.165) is 12.0 Å². The first kappa shape index (κ1) is 20.1. The predicted octanol–water partition coefficient (Wildman–Crippen LogP) is 4.20. The van der Waals surface area contributed by atoms with Crippen molar-refractivity contribution in [2.45, 2.75) is 26.7 Å². The zero-order valence-corrected chi connectivity index (χ0v) is 16.5. The van der Waals surface area contributed by atoms with Crippen molar-refractivity contribution in [3.05, 3.63) is 69.6 Å². The lowest BCUT2D eigenvalue weighted by Crippen LogP contribution is -2.21. The van der Waals surface area contributed by atoms with E-state index < -0.39 is 11.5 Å². The van der Waals surface area contributed by atoms with Crippen molar-refractivity contribution in [2.24, 2.45) is 5.16 Å². The Bertz CT molecular complexity index is 1130. The van der Waals surface area contributed by atoms with Gasteiger partial charge >= 0.3 is 5.63 Å². The highest BCUT2D eigenvalue weighted by molar-refractivity contribution is 6.06. The molecule has 7 heteroatoms. The van der Waals surface area contributed by atoms with Gasteiger partial charge in [0.05, 0.1) is 12.8 Å². The van der Waals surface area contributed by atoms with Crippen LogP contribution in [0.1, 0.15) is 41.8 Å². The maximum absolute atomic E-state index is 12.6. The third kappa shape index (κ3) is 4.13. The molecule has 1 aromatic heterocycles. The van der Waals surface area contributed by atoms with Crippen LogP contribution in [-0.4, -0.2) is 23.9 Å². The average Bonchev–Trinajstić information content (AvgIpc) is 2.73. The highest BCUT2D eigenvalue weighted by Gasteiger charge is 2.17. The molecule has 0 saturated heterocycles. The Morgan fingerprint density at radius 3 is 2.55 bits per heavy atom. The molecule has 0 aliphatic rings. The van der Waals surface area contributed by atoms with Gasteiger partial charge in [0.25, 0.3) is 5.91 Å².